The van der Waals surface area contributed by atoms with Crippen molar-refractivity contribution >= 4 is 11.9 Å². The van der Waals surface area contributed by atoms with Gasteiger partial charge in [-0.3, -0.25) is 0 Å². The van der Waals surface area contributed by atoms with Crippen LogP contribution in [0.15, 0.2) is 30.3 Å². The second-order valence-electron chi connectivity index (χ2n) is 8.76. The van der Waals surface area contributed by atoms with E-state index in [0.29, 0.717) is 0 Å². The van der Waals surface area contributed by atoms with Crippen LogP contribution in [0.4, 0.5) is 0 Å². The molecular weight excluding hydrogens is 384 g/mol. The monoisotopic (exact) mass is 422 g/mol. The lowest BCUT2D eigenvalue weighted by Gasteiger charge is -2.39. The molecule has 2 atom stereocenters. The molecule has 0 saturated carbocycles. The first-order valence-corrected chi connectivity index (χ1v) is 10.6. The van der Waals surface area contributed by atoms with Gasteiger partial charge in [-0.1, -0.05) is 30.3 Å². The number of hydrogen-bond acceptors (Lipinski definition) is 5. The van der Waals surface area contributed by atoms with Crippen molar-refractivity contribution in [2.45, 2.75) is 45.1 Å². The second kappa shape index (κ2) is 13.4. The molecule has 1 heterocycles. The molecule has 2 rings (SSSR count). The predicted molar refractivity (Wildman–Crippen MR) is 118 cm³/mol. The Kier molecular flexibility index (Phi) is 11.6. The number of aliphatic carboxylic acids is 2. The van der Waals surface area contributed by atoms with Crippen LogP contribution in [-0.2, 0) is 20.7 Å². The molecule has 0 spiro atoms. The van der Waals surface area contributed by atoms with Crippen molar-refractivity contribution in [2.75, 3.05) is 40.3 Å². The van der Waals surface area contributed by atoms with Crippen LogP contribution in [0.5, 0.6) is 0 Å². The van der Waals surface area contributed by atoms with Crippen molar-refractivity contribution in [3.8, 4) is 0 Å². The first-order chi connectivity index (χ1) is 14.1. The number of likely N-dealkylation sites (N-methyl/N-ethyl adjacent to an activating group) is 1. The smallest absolute Gasteiger partial charge is 0.414 e. The normalized spacial score (nSPS) is 18.9. The van der Waals surface area contributed by atoms with Crippen LogP contribution >= 0.6 is 0 Å². The fraction of sp³-hybridized carbons (Fsp3) is 0.652. The van der Waals surface area contributed by atoms with Crippen molar-refractivity contribution < 1.29 is 24.5 Å². The maximum absolute atomic E-state index is 9.10. The number of nitrogens with one attached hydrogen (secondary N) is 1. The maximum atomic E-state index is 9.10. The number of nitrogens with zero attached hydrogens (tertiary/aromatic N) is 1. The lowest BCUT2D eigenvalue weighted by molar-refractivity contribution is -0.159. The predicted octanol–water partition coefficient (Wildman–Crippen LogP) is 2.75. The summed E-state index contributed by atoms with van der Waals surface area (Å²) >= 11 is 0. The molecule has 1 saturated heterocycles. The van der Waals surface area contributed by atoms with E-state index in [1.807, 2.05) is 0 Å². The second-order valence-corrected chi connectivity index (χ2v) is 8.76. The fourth-order valence-corrected chi connectivity index (χ4v) is 3.82. The lowest BCUT2D eigenvalue weighted by atomic mass is 9.76. The van der Waals surface area contributed by atoms with Gasteiger partial charge in [-0.2, -0.15) is 0 Å². The van der Waals surface area contributed by atoms with E-state index in [1.54, 1.807) is 0 Å². The van der Waals surface area contributed by atoms with Gasteiger partial charge in [0.25, 0.3) is 0 Å². The summed E-state index contributed by atoms with van der Waals surface area (Å²) in [4.78, 5) is 20.4. The van der Waals surface area contributed by atoms with Gasteiger partial charge in [-0.25, -0.2) is 9.59 Å². The highest BCUT2D eigenvalue weighted by molar-refractivity contribution is 6.27. The van der Waals surface area contributed by atoms with E-state index in [0.717, 1.165) is 38.1 Å². The Morgan fingerprint density at radius 3 is 2.33 bits per heavy atom. The Hall–Kier alpha value is -1.96. The molecular formula is C23H38N2O5. The molecule has 7 heteroatoms. The van der Waals surface area contributed by atoms with Crippen LogP contribution in [0.1, 0.15) is 38.7 Å². The topological polar surface area (TPSA) is 99.1 Å². The summed E-state index contributed by atoms with van der Waals surface area (Å²) < 4.78 is 5.94. The van der Waals surface area contributed by atoms with Crippen LogP contribution in [0.25, 0.3) is 0 Å². The molecule has 0 bridgehead atoms. The van der Waals surface area contributed by atoms with Gasteiger partial charge in [0.05, 0.1) is 5.60 Å². The maximum Gasteiger partial charge on any atom is 0.414 e. The van der Waals surface area contributed by atoms with Gasteiger partial charge in [0, 0.05) is 19.7 Å². The molecule has 1 fully saturated rings. The fourth-order valence-electron chi connectivity index (χ4n) is 3.82. The van der Waals surface area contributed by atoms with Gasteiger partial charge in [-0.15, -0.1) is 0 Å². The molecule has 1 aromatic carbocycles. The summed E-state index contributed by atoms with van der Waals surface area (Å²) in [5.74, 6) is -2.14. The molecule has 1 aliphatic heterocycles. The van der Waals surface area contributed by atoms with Gasteiger partial charge >= 0.3 is 11.9 Å². The summed E-state index contributed by atoms with van der Waals surface area (Å²) in [5.41, 5.74) is 1.51. The molecule has 30 heavy (non-hydrogen) atoms. The molecule has 0 aromatic heterocycles. The van der Waals surface area contributed by atoms with E-state index in [4.69, 9.17) is 24.5 Å². The number of carbonyl (C=O) groups is 2. The minimum Gasteiger partial charge on any atom is -0.473 e. The molecule has 0 radical (unpaired) electrons. The Balaban J connectivity index is 0.000000656. The Morgan fingerprint density at radius 2 is 1.80 bits per heavy atom. The molecule has 3 N–H and O–H groups in total. The van der Waals surface area contributed by atoms with Crippen molar-refractivity contribution in [3.05, 3.63) is 35.9 Å². The third kappa shape index (κ3) is 11.3. The van der Waals surface area contributed by atoms with Gasteiger partial charge in [0.1, 0.15) is 0 Å². The highest BCUT2D eigenvalue weighted by Gasteiger charge is 2.33. The van der Waals surface area contributed by atoms with Crippen LogP contribution in [0, 0.1) is 11.8 Å². The van der Waals surface area contributed by atoms with E-state index >= 15 is 0 Å². The minimum absolute atomic E-state index is 0.0379. The van der Waals surface area contributed by atoms with Crippen LogP contribution in [0.3, 0.4) is 0 Å². The average Bonchev–Trinajstić information content (AvgIpc) is 2.67. The number of carboxylic acids is 2. The number of hydrogen-bond donors (Lipinski definition) is 3. The molecule has 170 valence electrons. The highest BCUT2D eigenvalue weighted by atomic mass is 16.5. The van der Waals surface area contributed by atoms with Gasteiger partial charge in [0.2, 0.25) is 0 Å². The Bertz CT molecular complexity index is 622. The van der Waals surface area contributed by atoms with E-state index in [2.05, 4.69) is 68.5 Å². The third-order valence-corrected chi connectivity index (χ3v) is 5.35. The summed E-state index contributed by atoms with van der Waals surface area (Å²) in [7, 11) is 4.26. The molecule has 2 unspecified atom stereocenters. The van der Waals surface area contributed by atoms with Crippen molar-refractivity contribution in [2.24, 2.45) is 11.8 Å². The first kappa shape index (κ1) is 26.1. The minimum atomic E-state index is -1.82. The molecule has 0 aliphatic carbocycles. The number of rotatable bonds is 9. The highest BCUT2D eigenvalue weighted by Crippen LogP contribution is 2.36. The van der Waals surface area contributed by atoms with Crippen LogP contribution in [0.2, 0.25) is 0 Å². The standard InChI is InChI=1S/C21H36N2O.C2H2O4/c1-21(2)17-20(11-15-24-21)19(10-12-22-13-14-23(3)4)16-18-8-6-5-7-9-18;3-1(4)2(5)6/h5-9,19-20,22H,10-17H2,1-4H3;(H,3,4)(H,5,6). The average molecular weight is 423 g/mol. The van der Waals surface area contributed by atoms with E-state index in [9.17, 15) is 0 Å². The summed E-state index contributed by atoms with van der Waals surface area (Å²) in [6.45, 7) is 8.69. The summed E-state index contributed by atoms with van der Waals surface area (Å²) in [6.07, 6.45) is 4.83. The van der Waals surface area contributed by atoms with Crippen molar-refractivity contribution in [1.29, 1.82) is 0 Å². The van der Waals surface area contributed by atoms with E-state index in [-0.39, 0.29) is 5.60 Å². The van der Waals surface area contributed by atoms with Crippen molar-refractivity contribution in [3.63, 3.8) is 0 Å². The van der Waals surface area contributed by atoms with Crippen molar-refractivity contribution in [1.82, 2.24) is 10.2 Å². The third-order valence-electron chi connectivity index (χ3n) is 5.35. The number of benzene rings is 1. The molecule has 1 aliphatic rings. The Labute approximate surface area is 180 Å². The Morgan fingerprint density at radius 1 is 1.17 bits per heavy atom. The zero-order valence-corrected chi connectivity index (χ0v) is 18.8. The lowest BCUT2D eigenvalue weighted by Crippen LogP contribution is -2.38. The number of ether oxygens (including phenoxy) is 1. The number of carboxylic acid groups (broad SMARTS) is 2. The van der Waals surface area contributed by atoms with Gasteiger partial charge < -0.3 is 25.2 Å². The SMILES string of the molecule is CN(C)CCNCCC(Cc1ccccc1)C1CCOC(C)(C)C1.O=C(O)C(=O)O. The van der Waals surface area contributed by atoms with Gasteiger partial charge in [-0.05, 0) is 77.6 Å². The summed E-state index contributed by atoms with van der Waals surface area (Å²) in [5, 5.41) is 18.4. The zero-order valence-electron chi connectivity index (χ0n) is 18.8. The largest absolute Gasteiger partial charge is 0.473 e. The van der Waals surface area contributed by atoms with Gasteiger partial charge in [0.15, 0.2) is 0 Å². The zero-order chi connectivity index (χ0) is 22.6. The first-order valence-electron chi connectivity index (χ1n) is 10.6. The van der Waals surface area contributed by atoms with E-state index in [1.165, 1.54) is 31.2 Å². The molecule has 1 aromatic rings. The van der Waals surface area contributed by atoms with E-state index < -0.39 is 11.9 Å². The van der Waals surface area contributed by atoms with Crippen LogP contribution < -0.4 is 5.32 Å². The van der Waals surface area contributed by atoms with Crippen LogP contribution in [-0.4, -0.2) is 73.0 Å². The molecule has 0 amide bonds. The molecule has 7 nitrogen and oxygen atoms in total. The quantitative estimate of drug-likeness (QED) is 0.416. The summed E-state index contributed by atoms with van der Waals surface area (Å²) in [6, 6.07) is 11.0.